The zero-order valence-electron chi connectivity index (χ0n) is 12.8. The number of ether oxygens (including phenoxy) is 3. The Bertz CT molecular complexity index is 672. The summed E-state index contributed by atoms with van der Waals surface area (Å²) in [4.78, 5) is 11.4. The quantitative estimate of drug-likeness (QED) is 0.624. The molecule has 0 fully saturated rings. The molecule has 0 radical (unpaired) electrons. The topological polar surface area (TPSA) is 44.8 Å². The molecule has 0 N–H and O–H groups in total. The van der Waals surface area contributed by atoms with E-state index in [4.69, 9.17) is 9.47 Å². The molecule has 0 aliphatic carbocycles. The molecule has 0 aliphatic rings. The standard InChI is InChI=1S/C18H18O4/c1-20-16-11-10-14(17(12-16)21-2)7-4-13-5-8-15(9-6-13)18(19)22-3/h4-12H,1-3H3. The maximum absolute atomic E-state index is 11.4. The van der Waals surface area contributed by atoms with Crippen LogP contribution in [0.15, 0.2) is 42.5 Å². The number of methoxy groups -OCH3 is 3. The predicted octanol–water partition coefficient (Wildman–Crippen LogP) is 3.66. The van der Waals surface area contributed by atoms with Gasteiger partial charge in [0.15, 0.2) is 0 Å². The number of hydrogen-bond donors (Lipinski definition) is 0. The SMILES string of the molecule is COC(=O)c1ccc(C=Cc2ccc(OC)cc2OC)cc1. The van der Waals surface area contributed by atoms with Gasteiger partial charge in [-0.05, 0) is 29.8 Å². The van der Waals surface area contributed by atoms with E-state index in [2.05, 4.69) is 4.74 Å². The van der Waals surface area contributed by atoms with Crippen LogP contribution in [-0.2, 0) is 4.74 Å². The molecular formula is C18H18O4. The Hall–Kier alpha value is -2.75. The first-order valence-corrected chi connectivity index (χ1v) is 6.76. The molecule has 2 rings (SSSR count). The van der Waals surface area contributed by atoms with Crippen molar-refractivity contribution in [3.05, 3.63) is 59.2 Å². The van der Waals surface area contributed by atoms with Crippen LogP contribution < -0.4 is 9.47 Å². The Morgan fingerprint density at radius 2 is 1.64 bits per heavy atom. The molecule has 4 nitrogen and oxygen atoms in total. The second-order valence-corrected chi connectivity index (χ2v) is 4.55. The molecule has 0 bridgehead atoms. The van der Waals surface area contributed by atoms with Crippen LogP contribution in [0.1, 0.15) is 21.5 Å². The van der Waals surface area contributed by atoms with Crippen LogP contribution in [-0.4, -0.2) is 27.3 Å². The molecule has 0 saturated carbocycles. The lowest BCUT2D eigenvalue weighted by Gasteiger charge is -2.07. The third kappa shape index (κ3) is 3.67. The van der Waals surface area contributed by atoms with E-state index < -0.39 is 0 Å². The van der Waals surface area contributed by atoms with Crippen molar-refractivity contribution in [1.29, 1.82) is 0 Å². The molecule has 0 aliphatic heterocycles. The Morgan fingerprint density at radius 1 is 0.909 bits per heavy atom. The van der Waals surface area contributed by atoms with E-state index in [1.165, 1.54) is 7.11 Å². The second kappa shape index (κ2) is 7.31. The molecule has 0 atom stereocenters. The largest absolute Gasteiger partial charge is 0.497 e. The molecule has 0 spiro atoms. The summed E-state index contributed by atoms with van der Waals surface area (Å²) in [6.07, 6.45) is 3.90. The monoisotopic (exact) mass is 298 g/mol. The Morgan fingerprint density at radius 3 is 2.23 bits per heavy atom. The highest BCUT2D eigenvalue weighted by Crippen LogP contribution is 2.26. The molecule has 4 heteroatoms. The maximum atomic E-state index is 11.4. The van der Waals surface area contributed by atoms with Crippen LogP contribution in [0.5, 0.6) is 11.5 Å². The van der Waals surface area contributed by atoms with Crippen LogP contribution in [0.4, 0.5) is 0 Å². The van der Waals surface area contributed by atoms with E-state index >= 15 is 0 Å². The molecule has 0 amide bonds. The van der Waals surface area contributed by atoms with E-state index in [9.17, 15) is 4.79 Å². The first-order valence-electron chi connectivity index (χ1n) is 6.76. The summed E-state index contributed by atoms with van der Waals surface area (Å²) in [6, 6.07) is 12.8. The number of hydrogen-bond acceptors (Lipinski definition) is 4. The van der Waals surface area contributed by atoms with Gasteiger partial charge in [0.25, 0.3) is 0 Å². The van der Waals surface area contributed by atoms with Gasteiger partial charge in [0.2, 0.25) is 0 Å². The van der Waals surface area contributed by atoms with Crippen molar-refractivity contribution in [1.82, 2.24) is 0 Å². The summed E-state index contributed by atoms with van der Waals surface area (Å²) in [7, 11) is 4.61. The maximum Gasteiger partial charge on any atom is 0.337 e. The summed E-state index contributed by atoms with van der Waals surface area (Å²) in [5.41, 5.74) is 2.45. The van der Waals surface area contributed by atoms with Crippen LogP contribution >= 0.6 is 0 Å². The molecule has 2 aromatic rings. The fourth-order valence-electron chi connectivity index (χ4n) is 1.99. The van der Waals surface area contributed by atoms with Gasteiger partial charge in [-0.1, -0.05) is 24.3 Å². The van der Waals surface area contributed by atoms with E-state index in [1.807, 2.05) is 42.5 Å². The first-order chi connectivity index (χ1) is 10.7. The highest BCUT2D eigenvalue weighted by atomic mass is 16.5. The Balaban J connectivity index is 2.19. The van der Waals surface area contributed by atoms with Crippen molar-refractivity contribution >= 4 is 18.1 Å². The second-order valence-electron chi connectivity index (χ2n) is 4.55. The average molecular weight is 298 g/mol. The lowest BCUT2D eigenvalue weighted by atomic mass is 10.1. The smallest absolute Gasteiger partial charge is 0.337 e. The lowest BCUT2D eigenvalue weighted by Crippen LogP contribution is -2.00. The van der Waals surface area contributed by atoms with Gasteiger partial charge in [-0.25, -0.2) is 4.79 Å². The molecule has 0 unspecified atom stereocenters. The molecule has 0 saturated heterocycles. The van der Waals surface area contributed by atoms with Gasteiger partial charge in [0.05, 0.1) is 26.9 Å². The van der Waals surface area contributed by atoms with E-state index in [-0.39, 0.29) is 5.97 Å². The molecule has 22 heavy (non-hydrogen) atoms. The third-order valence-electron chi connectivity index (χ3n) is 3.23. The first kappa shape index (κ1) is 15.6. The molecule has 0 aromatic heterocycles. The summed E-state index contributed by atoms with van der Waals surface area (Å²) in [5, 5.41) is 0. The van der Waals surface area contributed by atoms with Gasteiger partial charge >= 0.3 is 5.97 Å². The van der Waals surface area contributed by atoms with Crippen molar-refractivity contribution in [3.63, 3.8) is 0 Å². The van der Waals surface area contributed by atoms with Crippen LogP contribution in [0.2, 0.25) is 0 Å². The third-order valence-corrected chi connectivity index (χ3v) is 3.23. The van der Waals surface area contributed by atoms with Crippen molar-refractivity contribution in [2.75, 3.05) is 21.3 Å². The fraction of sp³-hybridized carbons (Fsp3) is 0.167. The van der Waals surface area contributed by atoms with Crippen molar-refractivity contribution in [2.45, 2.75) is 0 Å². The van der Waals surface area contributed by atoms with E-state index in [0.717, 1.165) is 22.6 Å². The molecule has 2 aromatic carbocycles. The highest BCUT2D eigenvalue weighted by molar-refractivity contribution is 5.89. The summed E-state index contributed by atoms with van der Waals surface area (Å²) in [6.45, 7) is 0. The number of esters is 1. The van der Waals surface area contributed by atoms with Gasteiger partial charge in [0, 0.05) is 11.6 Å². The van der Waals surface area contributed by atoms with Gasteiger partial charge in [-0.2, -0.15) is 0 Å². The van der Waals surface area contributed by atoms with Crippen LogP contribution in [0, 0.1) is 0 Å². The summed E-state index contributed by atoms with van der Waals surface area (Å²) in [5.74, 6) is 1.14. The Labute approximate surface area is 129 Å². The average Bonchev–Trinajstić information content (AvgIpc) is 2.59. The number of rotatable bonds is 5. The zero-order valence-corrected chi connectivity index (χ0v) is 12.8. The number of carbonyl (C=O) groups excluding carboxylic acids is 1. The lowest BCUT2D eigenvalue weighted by molar-refractivity contribution is 0.0600. The normalized spacial score (nSPS) is 10.5. The molecule has 114 valence electrons. The van der Waals surface area contributed by atoms with Gasteiger partial charge < -0.3 is 14.2 Å². The fourth-order valence-corrected chi connectivity index (χ4v) is 1.99. The predicted molar refractivity (Wildman–Crippen MR) is 86.3 cm³/mol. The molecular weight excluding hydrogens is 280 g/mol. The zero-order chi connectivity index (χ0) is 15.9. The minimum absolute atomic E-state index is 0.340. The van der Waals surface area contributed by atoms with E-state index in [1.54, 1.807) is 26.4 Å². The summed E-state index contributed by atoms with van der Waals surface area (Å²) < 4.78 is 15.2. The van der Waals surface area contributed by atoms with Gasteiger partial charge in [0.1, 0.15) is 11.5 Å². The molecule has 0 heterocycles. The van der Waals surface area contributed by atoms with Crippen molar-refractivity contribution in [2.24, 2.45) is 0 Å². The van der Waals surface area contributed by atoms with Crippen molar-refractivity contribution in [3.8, 4) is 11.5 Å². The van der Waals surface area contributed by atoms with Gasteiger partial charge in [-0.15, -0.1) is 0 Å². The number of carbonyl (C=O) groups is 1. The van der Waals surface area contributed by atoms with Crippen molar-refractivity contribution < 1.29 is 19.0 Å². The van der Waals surface area contributed by atoms with Crippen LogP contribution in [0.25, 0.3) is 12.2 Å². The van der Waals surface area contributed by atoms with Crippen LogP contribution in [0.3, 0.4) is 0 Å². The Kier molecular flexibility index (Phi) is 5.20. The van der Waals surface area contributed by atoms with Gasteiger partial charge in [-0.3, -0.25) is 0 Å². The summed E-state index contributed by atoms with van der Waals surface area (Å²) >= 11 is 0. The van der Waals surface area contributed by atoms with E-state index in [0.29, 0.717) is 5.56 Å². The minimum atomic E-state index is -0.340. The number of benzene rings is 2. The highest BCUT2D eigenvalue weighted by Gasteiger charge is 2.04. The minimum Gasteiger partial charge on any atom is -0.497 e.